The standard InChI is InChI=1S/C15H19NO2.C2H2O4/c1-12(11-17)16-9-10-18-15-8-4-6-13-5-2-3-7-14(13)15;3-1(4)2(5)6/h2-8,12,16-17H,9-11H2,1H3;(H,3,4)(H,5,6). The third-order valence-electron chi connectivity index (χ3n) is 3.06. The number of ether oxygens (including phenoxy) is 1. The van der Waals surface area contributed by atoms with E-state index in [-0.39, 0.29) is 12.6 Å². The average molecular weight is 335 g/mol. The molecule has 0 radical (unpaired) electrons. The van der Waals surface area contributed by atoms with Crippen molar-refractivity contribution in [2.75, 3.05) is 19.8 Å². The lowest BCUT2D eigenvalue weighted by molar-refractivity contribution is -0.159. The Morgan fingerprint density at radius 1 is 1.08 bits per heavy atom. The molecule has 7 nitrogen and oxygen atoms in total. The van der Waals surface area contributed by atoms with E-state index in [2.05, 4.69) is 23.5 Å². The molecule has 0 heterocycles. The summed E-state index contributed by atoms with van der Waals surface area (Å²) in [5.74, 6) is -2.74. The molecule has 4 N–H and O–H groups in total. The topological polar surface area (TPSA) is 116 Å². The maximum Gasteiger partial charge on any atom is 0.414 e. The van der Waals surface area contributed by atoms with Crippen LogP contribution in [0.4, 0.5) is 0 Å². The van der Waals surface area contributed by atoms with E-state index in [4.69, 9.17) is 29.6 Å². The molecular formula is C17H21NO6. The number of benzene rings is 2. The lowest BCUT2D eigenvalue weighted by Crippen LogP contribution is -2.32. The Kier molecular flexibility index (Phi) is 8.24. The van der Waals surface area contributed by atoms with Crippen LogP contribution >= 0.6 is 0 Å². The predicted molar refractivity (Wildman–Crippen MR) is 89.3 cm³/mol. The molecule has 0 aliphatic carbocycles. The van der Waals surface area contributed by atoms with E-state index in [0.29, 0.717) is 6.61 Å². The smallest absolute Gasteiger partial charge is 0.414 e. The summed E-state index contributed by atoms with van der Waals surface area (Å²) in [5.41, 5.74) is 0. The van der Waals surface area contributed by atoms with E-state index in [1.165, 1.54) is 5.39 Å². The number of fused-ring (bicyclic) bond motifs is 1. The number of carbonyl (C=O) groups is 2. The Labute approximate surface area is 139 Å². The van der Waals surface area contributed by atoms with Crippen molar-refractivity contribution in [3.05, 3.63) is 42.5 Å². The van der Waals surface area contributed by atoms with Gasteiger partial charge in [0.25, 0.3) is 0 Å². The molecule has 1 unspecified atom stereocenters. The van der Waals surface area contributed by atoms with E-state index in [1.807, 2.05) is 31.2 Å². The van der Waals surface area contributed by atoms with Gasteiger partial charge in [-0.2, -0.15) is 0 Å². The van der Waals surface area contributed by atoms with Crippen LogP contribution in [0.1, 0.15) is 6.92 Å². The maximum absolute atomic E-state index is 9.10. The van der Waals surface area contributed by atoms with Gasteiger partial charge in [0.15, 0.2) is 0 Å². The Hall–Kier alpha value is -2.64. The molecule has 0 bridgehead atoms. The first-order valence-electron chi connectivity index (χ1n) is 7.36. The van der Waals surface area contributed by atoms with Gasteiger partial charge < -0.3 is 25.4 Å². The second kappa shape index (κ2) is 10.2. The van der Waals surface area contributed by atoms with Crippen molar-refractivity contribution in [1.29, 1.82) is 0 Å². The van der Waals surface area contributed by atoms with E-state index >= 15 is 0 Å². The summed E-state index contributed by atoms with van der Waals surface area (Å²) in [6.45, 7) is 3.41. The van der Waals surface area contributed by atoms with E-state index < -0.39 is 11.9 Å². The monoisotopic (exact) mass is 335 g/mol. The second-order valence-corrected chi connectivity index (χ2v) is 4.97. The van der Waals surface area contributed by atoms with Crippen LogP contribution in [0, 0.1) is 0 Å². The Morgan fingerprint density at radius 2 is 1.71 bits per heavy atom. The Bertz CT molecular complexity index is 656. The number of hydrogen-bond donors (Lipinski definition) is 4. The molecule has 2 rings (SSSR count). The fraction of sp³-hybridized carbons (Fsp3) is 0.294. The van der Waals surface area contributed by atoms with E-state index in [9.17, 15) is 0 Å². The second-order valence-electron chi connectivity index (χ2n) is 4.97. The zero-order valence-electron chi connectivity index (χ0n) is 13.3. The number of rotatable bonds is 6. The van der Waals surface area contributed by atoms with Crippen LogP contribution in [0.15, 0.2) is 42.5 Å². The first-order valence-corrected chi connectivity index (χ1v) is 7.36. The first-order chi connectivity index (χ1) is 11.5. The molecule has 0 aliphatic rings. The summed E-state index contributed by atoms with van der Waals surface area (Å²) in [6.07, 6.45) is 0. The van der Waals surface area contributed by atoms with Crippen LogP contribution in [0.2, 0.25) is 0 Å². The molecular weight excluding hydrogens is 314 g/mol. The maximum atomic E-state index is 9.10. The first kappa shape index (κ1) is 19.4. The number of hydrogen-bond acceptors (Lipinski definition) is 5. The highest BCUT2D eigenvalue weighted by Crippen LogP contribution is 2.24. The van der Waals surface area contributed by atoms with Gasteiger partial charge in [-0.1, -0.05) is 36.4 Å². The van der Waals surface area contributed by atoms with Gasteiger partial charge in [-0.05, 0) is 18.4 Å². The molecule has 7 heteroatoms. The van der Waals surface area contributed by atoms with Crippen molar-refractivity contribution in [2.45, 2.75) is 13.0 Å². The minimum Gasteiger partial charge on any atom is -0.492 e. The molecule has 2 aromatic carbocycles. The summed E-state index contributed by atoms with van der Waals surface area (Å²) in [7, 11) is 0. The highest BCUT2D eigenvalue weighted by atomic mass is 16.5. The van der Waals surface area contributed by atoms with E-state index in [1.54, 1.807) is 0 Å². The molecule has 2 aromatic rings. The van der Waals surface area contributed by atoms with Crippen molar-refractivity contribution in [3.8, 4) is 5.75 Å². The number of carboxylic acids is 2. The number of nitrogens with one attached hydrogen (secondary N) is 1. The lowest BCUT2D eigenvalue weighted by atomic mass is 10.1. The van der Waals surface area contributed by atoms with Gasteiger partial charge in [0.1, 0.15) is 12.4 Å². The van der Waals surface area contributed by atoms with Gasteiger partial charge in [0.2, 0.25) is 0 Å². The molecule has 0 saturated heterocycles. The molecule has 0 saturated carbocycles. The Morgan fingerprint density at radius 3 is 2.33 bits per heavy atom. The lowest BCUT2D eigenvalue weighted by Gasteiger charge is -2.12. The molecule has 0 aromatic heterocycles. The summed E-state index contributed by atoms with van der Waals surface area (Å²) in [5, 5.41) is 29.2. The van der Waals surface area contributed by atoms with Crippen molar-refractivity contribution in [2.24, 2.45) is 0 Å². The quantitative estimate of drug-likeness (QED) is 0.465. The van der Waals surface area contributed by atoms with Crippen molar-refractivity contribution in [3.63, 3.8) is 0 Å². The number of aliphatic hydroxyl groups excluding tert-OH is 1. The summed E-state index contributed by atoms with van der Waals surface area (Å²) in [6, 6.07) is 14.4. The number of aliphatic carboxylic acids is 2. The fourth-order valence-corrected chi connectivity index (χ4v) is 1.85. The summed E-state index contributed by atoms with van der Waals surface area (Å²) >= 11 is 0. The van der Waals surface area contributed by atoms with Gasteiger partial charge in [-0.25, -0.2) is 9.59 Å². The van der Waals surface area contributed by atoms with Crippen LogP contribution in [-0.2, 0) is 9.59 Å². The SMILES string of the molecule is CC(CO)NCCOc1cccc2ccccc12.O=C(O)C(=O)O. The van der Waals surface area contributed by atoms with Crippen LogP contribution in [0.3, 0.4) is 0 Å². The zero-order chi connectivity index (χ0) is 17.9. The van der Waals surface area contributed by atoms with E-state index in [0.717, 1.165) is 17.7 Å². The van der Waals surface area contributed by atoms with Gasteiger partial charge in [-0.3, -0.25) is 0 Å². The molecule has 0 spiro atoms. The molecule has 0 amide bonds. The van der Waals surface area contributed by atoms with Crippen molar-refractivity contribution >= 4 is 22.7 Å². The van der Waals surface area contributed by atoms with Gasteiger partial charge in [-0.15, -0.1) is 0 Å². The molecule has 1 atom stereocenters. The Balaban J connectivity index is 0.000000413. The van der Waals surface area contributed by atoms with Gasteiger partial charge in [0.05, 0.1) is 6.61 Å². The molecule has 130 valence electrons. The average Bonchev–Trinajstić information content (AvgIpc) is 2.59. The van der Waals surface area contributed by atoms with Crippen LogP contribution < -0.4 is 10.1 Å². The third kappa shape index (κ3) is 6.64. The highest BCUT2D eigenvalue weighted by molar-refractivity contribution is 6.27. The summed E-state index contributed by atoms with van der Waals surface area (Å²) < 4.78 is 5.77. The minimum absolute atomic E-state index is 0.112. The minimum atomic E-state index is -1.82. The van der Waals surface area contributed by atoms with Gasteiger partial charge >= 0.3 is 11.9 Å². The largest absolute Gasteiger partial charge is 0.492 e. The summed E-state index contributed by atoms with van der Waals surface area (Å²) in [4.78, 5) is 18.2. The molecule has 24 heavy (non-hydrogen) atoms. The predicted octanol–water partition coefficient (Wildman–Crippen LogP) is 1.34. The zero-order valence-corrected chi connectivity index (χ0v) is 13.3. The molecule has 0 aliphatic heterocycles. The third-order valence-corrected chi connectivity index (χ3v) is 3.06. The molecule has 0 fully saturated rings. The van der Waals surface area contributed by atoms with Gasteiger partial charge in [0, 0.05) is 18.0 Å². The number of aliphatic hydroxyl groups is 1. The van der Waals surface area contributed by atoms with Crippen molar-refractivity contribution in [1.82, 2.24) is 5.32 Å². The normalized spacial score (nSPS) is 11.2. The number of carboxylic acid groups (broad SMARTS) is 2. The highest BCUT2D eigenvalue weighted by Gasteiger charge is 2.04. The van der Waals surface area contributed by atoms with Crippen molar-refractivity contribution < 1.29 is 29.6 Å². The van der Waals surface area contributed by atoms with Crippen LogP contribution in [0.5, 0.6) is 5.75 Å². The van der Waals surface area contributed by atoms with Crippen LogP contribution in [0.25, 0.3) is 10.8 Å². The fourth-order valence-electron chi connectivity index (χ4n) is 1.85. The van der Waals surface area contributed by atoms with Crippen LogP contribution in [-0.4, -0.2) is 53.1 Å².